The summed E-state index contributed by atoms with van der Waals surface area (Å²) in [5.74, 6) is 3.21. The lowest BCUT2D eigenvalue weighted by Crippen LogP contribution is -2.49. The van der Waals surface area contributed by atoms with Crippen LogP contribution in [0.4, 0.5) is 0 Å². The molecule has 6 rings (SSSR count). The molecule has 1 aromatic rings. The minimum atomic E-state index is -0.134. The van der Waals surface area contributed by atoms with Crippen LogP contribution in [0.15, 0.2) is 24.3 Å². The van der Waals surface area contributed by atoms with Gasteiger partial charge in [0.05, 0.1) is 32.9 Å². The molecule has 5 fully saturated rings. The van der Waals surface area contributed by atoms with Gasteiger partial charge in [-0.05, 0) is 79.4 Å². The van der Waals surface area contributed by atoms with Crippen molar-refractivity contribution in [2.24, 2.45) is 23.2 Å². The topological polar surface area (TPSA) is 79.9 Å². The molecule has 1 atom stereocenters. The number of carbonyl (C=O) groups is 2. The molecule has 0 spiro atoms. The quantitative estimate of drug-likeness (QED) is 0.581. The summed E-state index contributed by atoms with van der Waals surface area (Å²) in [6.07, 6.45) is 8.35. The van der Waals surface area contributed by atoms with Gasteiger partial charge in [0.1, 0.15) is 5.75 Å². The smallest absolute Gasteiger partial charge is 0.239 e. The molecule has 4 aliphatic carbocycles. The largest absolute Gasteiger partial charge is 0.497 e. The normalized spacial score (nSPS) is 31.1. The van der Waals surface area contributed by atoms with E-state index in [1.54, 1.807) is 7.11 Å². The van der Waals surface area contributed by atoms with E-state index in [0.717, 1.165) is 42.2 Å². The lowest BCUT2D eigenvalue weighted by atomic mass is 9.49. The molecule has 4 bridgehead atoms. The second-order valence-corrected chi connectivity index (χ2v) is 11.1. The van der Waals surface area contributed by atoms with Gasteiger partial charge in [-0.1, -0.05) is 12.1 Å². The molecule has 0 aromatic heterocycles. The molecule has 1 unspecified atom stereocenters. The Morgan fingerprint density at radius 2 is 1.62 bits per heavy atom. The first-order valence-electron chi connectivity index (χ1n) is 13.0. The number of hydrogen-bond acceptors (Lipinski definition) is 5. The van der Waals surface area contributed by atoms with Gasteiger partial charge in [-0.25, -0.2) is 0 Å². The fourth-order valence-corrected chi connectivity index (χ4v) is 7.53. The van der Waals surface area contributed by atoms with Gasteiger partial charge in [0, 0.05) is 26.1 Å². The minimum absolute atomic E-state index is 0.0389. The van der Waals surface area contributed by atoms with Gasteiger partial charge < -0.3 is 20.1 Å². The third-order valence-corrected chi connectivity index (χ3v) is 8.63. The highest BCUT2D eigenvalue weighted by molar-refractivity contribution is 5.85. The lowest BCUT2D eigenvalue weighted by Gasteiger charge is -2.56. The average molecular weight is 470 g/mol. The molecule has 1 aliphatic heterocycles. The maximum absolute atomic E-state index is 12.8. The molecule has 186 valence electrons. The van der Waals surface area contributed by atoms with Gasteiger partial charge in [-0.15, -0.1) is 0 Å². The Morgan fingerprint density at radius 3 is 2.21 bits per heavy atom. The standard InChI is InChI=1S/C27H39N3O4/c1-33-23-4-2-22(3-5-23)24(30-6-8-34-9-7-30)17-28-26(32)18-29-25(31)16-27-13-19-10-20(14-27)12-21(11-19)15-27/h2-5,19-21,24H,6-18H2,1H3,(H,28,32)(H,29,31). The Bertz CT molecular complexity index is 830. The van der Waals surface area contributed by atoms with Gasteiger partial charge in [-0.3, -0.25) is 14.5 Å². The number of hydrogen-bond donors (Lipinski definition) is 2. The van der Waals surface area contributed by atoms with E-state index in [-0.39, 0.29) is 29.8 Å². The van der Waals surface area contributed by atoms with Crippen LogP contribution in [-0.2, 0) is 14.3 Å². The first kappa shape index (κ1) is 23.6. The van der Waals surface area contributed by atoms with E-state index in [1.165, 1.54) is 38.5 Å². The van der Waals surface area contributed by atoms with Gasteiger partial charge in [0.15, 0.2) is 0 Å². The van der Waals surface area contributed by atoms with Crippen molar-refractivity contribution in [2.75, 3.05) is 46.5 Å². The van der Waals surface area contributed by atoms with Crippen LogP contribution < -0.4 is 15.4 Å². The monoisotopic (exact) mass is 469 g/mol. The SMILES string of the molecule is COc1ccc(C(CNC(=O)CNC(=O)CC23CC4CC(CC(C4)C2)C3)N2CCOCC2)cc1. The van der Waals surface area contributed by atoms with Crippen molar-refractivity contribution in [1.82, 2.24) is 15.5 Å². The van der Waals surface area contributed by atoms with Gasteiger partial charge in [0.25, 0.3) is 0 Å². The Morgan fingerprint density at radius 1 is 1.00 bits per heavy atom. The lowest BCUT2D eigenvalue weighted by molar-refractivity contribution is -0.132. The Balaban J connectivity index is 1.12. The highest BCUT2D eigenvalue weighted by atomic mass is 16.5. The van der Waals surface area contributed by atoms with Crippen LogP contribution in [-0.4, -0.2) is 63.2 Å². The summed E-state index contributed by atoms with van der Waals surface area (Å²) in [6, 6.07) is 8.07. The van der Waals surface area contributed by atoms with E-state index in [4.69, 9.17) is 9.47 Å². The van der Waals surface area contributed by atoms with E-state index in [1.807, 2.05) is 12.1 Å². The van der Waals surface area contributed by atoms with Crippen LogP contribution in [0.3, 0.4) is 0 Å². The van der Waals surface area contributed by atoms with Gasteiger partial charge in [0.2, 0.25) is 11.8 Å². The molecule has 4 saturated carbocycles. The third kappa shape index (κ3) is 5.41. The van der Waals surface area contributed by atoms with Crippen molar-refractivity contribution in [1.29, 1.82) is 0 Å². The van der Waals surface area contributed by atoms with Crippen LogP contribution in [0.1, 0.15) is 56.6 Å². The summed E-state index contributed by atoms with van der Waals surface area (Å²) >= 11 is 0. The Kier molecular flexibility index (Phi) is 7.11. The summed E-state index contributed by atoms with van der Waals surface area (Å²) in [4.78, 5) is 27.8. The molecule has 7 heteroatoms. The van der Waals surface area contributed by atoms with Crippen LogP contribution in [0.25, 0.3) is 0 Å². The number of ether oxygens (including phenoxy) is 2. The predicted molar refractivity (Wildman–Crippen MR) is 129 cm³/mol. The molecule has 5 aliphatic rings. The number of carbonyl (C=O) groups excluding carboxylic acids is 2. The zero-order valence-electron chi connectivity index (χ0n) is 20.4. The molecule has 1 aromatic carbocycles. The van der Waals surface area contributed by atoms with Crippen molar-refractivity contribution in [2.45, 2.75) is 51.0 Å². The fraction of sp³-hybridized carbons (Fsp3) is 0.704. The molecule has 2 N–H and O–H groups in total. The average Bonchev–Trinajstić information content (AvgIpc) is 2.83. The zero-order chi connectivity index (χ0) is 23.5. The van der Waals surface area contributed by atoms with E-state index >= 15 is 0 Å². The Hall–Kier alpha value is -2.12. The van der Waals surface area contributed by atoms with Crippen molar-refractivity contribution in [3.05, 3.63) is 29.8 Å². The highest BCUT2D eigenvalue weighted by Crippen LogP contribution is 2.61. The minimum Gasteiger partial charge on any atom is -0.497 e. The third-order valence-electron chi connectivity index (χ3n) is 8.63. The number of methoxy groups -OCH3 is 1. The number of nitrogens with one attached hydrogen (secondary N) is 2. The summed E-state index contributed by atoms with van der Waals surface area (Å²) in [5.41, 5.74) is 1.33. The number of benzene rings is 1. The van der Waals surface area contributed by atoms with Crippen molar-refractivity contribution >= 4 is 11.8 Å². The van der Waals surface area contributed by atoms with E-state index in [2.05, 4.69) is 27.7 Å². The van der Waals surface area contributed by atoms with Crippen molar-refractivity contribution < 1.29 is 19.1 Å². The van der Waals surface area contributed by atoms with Crippen LogP contribution in [0, 0.1) is 23.2 Å². The number of amides is 2. The molecule has 2 amide bonds. The molecular weight excluding hydrogens is 430 g/mol. The van der Waals surface area contributed by atoms with Crippen LogP contribution in [0.5, 0.6) is 5.75 Å². The summed E-state index contributed by atoms with van der Waals surface area (Å²) in [7, 11) is 1.66. The van der Waals surface area contributed by atoms with E-state index in [9.17, 15) is 9.59 Å². The van der Waals surface area contributed by atoms with Gasteiger partial charge >= 0.3 is 0 Å². The maximum Gasteiger partial charge on any atom is 0.239 e. The van der Waals surface area contributed by atoms with Crippen LogP contribution in [0.2, 0.25) is 0 Å². The number of rotatable bonds is 9. The van der Waals surface area contributed by atoms with E-state index < -0.39 is 0 Å². The first-order valence-corrected chi connectivity index (χ1v) is 13.0. The molecule has 7 nitrogen and oxygen atoms in total. The van der Waals surface area contributed by atoms with Gasteiger partial charge in [-0.2, -0.15) is 0 Å². The predicted octanol–water partition coefficient (Wildman–Crippen LogP) is 2.91. The molecule has 0 radical (unpaired) electrons. The second-order valence-electron chi connectivity index (χ2n) is 11.1. The zero-order valence-corrected chi connectivity index (χ0v) is 20.4. The highest BCUT2D eigenvalue weighted by Gasteiger charge is 2.51. The van der Waals surface area contributed by atoms with Crippen molar-refractivity contribution in [3.63, 3.8) is 0 Å². The summed E-state index contributed by atoms with van der Waals surface area (Å²) < 4.78 is 10.8. The maximum atomic E-state index is 12.8. The fourth-order valence-electron chi connectivity index (χ4n) is 7.53. The molecule has 1 heterocycles. The number of morpholine rings is 1. The molecular formula is C27H39N3O4. The Labute approximate surface area is 202 Å². The number of nitrogens with zero attached hydrogens (tertiary/aromatic N) is 1. The molecule has 34 heavy (non-hydrogen) atoms. The first-order chi connectivity index (χ1) is 16.5. The summed E-state index contributed by atoms with van der Waals surface area (Å²) in [6.45, 7) is 3.59. The van der Waals surface area contributed by atoms with E-state index in [0.29, 0.717) is 26.2 Å². The molecule has 1 saturated heterocycles. The second kappa shape index (κ2) is 10.2. The van der Waals surface area contributed by atoms with Crippen LogP contribution >= 0.6 is 0 Å². The summed E-state index contributed by atoms with van der Waals surface area (Å²) in [5, 5.41) is 5.97. The van der Waals surface area contributed by atoms with Crippen molar-refractivity contribution in [3.8, 4) is 5.75 Å².